The molecule has 1 aromatic rings. The smallest absolute Gasteiger partial charge is 0.228 e. The van der Waals surface area contributed by atoms with Crippen molar-refractivity contribution in [3.63, 3.8) is 0 Å². The van der Waals surface area contributed by atoms with Gasteiger partial charge in [-0.05, 0) is 12.8 Å². The van der Waals surface area contributed by atoms with E-state index in [-0.39, 0.29) is 11.5 Å². The average Bonchev–Trinajstić information content (AvgIpc) is 3.20. The van der Waals surface area contributed by atoms with Crippen molar-refractivity contribution >= 4 is 23.4 Å². The molecule has 3 fully saturated rings. The molecule has 0 amide bonds. The number of aliphatic hydroxyl groups excluding tert-OH is 1. The largest absolute Gasteiger partial charge is 0.391 e. The molecule has 2 aliphatic heterocycles. The van der Waals surface area contributed by atoms with Crippen LogP contribution in [0, 0.1) is 5.41 Å². The van der Waals surface area contributed by atoms with E-state index in [1.54, 1.807) is 6.07 Å². The van der Waals surface area contributed by atoms with E-state index < -0.39 is 0 Å². The Morgan fingerprint density at radius 3 is 2.67 bits per heavy atom. The highest BCUT2D eigenvalue weighted by Crippen LogP contribution is 2.53. The Balaban J connectivity index is 1.59. The van der Waals surface area contributed by atoms with E-state index in [1.807, 2.05) is 0 Å². The molecule has 0 radical (unpaired) electrons. The molecule has 0 bridgehead atoms. The molecule has 1 N–H and O–H groups in total. The lowest BCUT2D eigenvalue weighted by molar-refractivity contribution is 0.122. The van der Waals surface area contributed by atoms with Crippen molar-refractivity contribution in [2.45, 2.75) is 18.9 Å². The molecule has 1 unspecified atom stereocenters. The van der Waals surface area contributed by atoms with Crippen molar-refractivity contribution in [3.8, 4) is 0 Å². The Morgan fingerprint density at radius 1 is 1.24 bits per heavy atom. The van der Waals surface area contributed by atoms with Gasteiger partial charge in [0.25, 0.3) is 0 Å². The van der Waals surface area contributed by atoms with Crippen LogP contribution in [0.15, 0.2) is 6.07 Å². The second-order valence-electron chi connectivity index (χ2n) is 6.21. The first-order chi connectivity index (χ1) is 10.2. The standard InChI is InChI=1S/C14H19ClN4O2/c15-11-7-12(19-8-10(20)14(9-19)1-2-14)17-13(16-11)18-3-5-21-6-4-18/h7,10,20H,1-6,8-9H2. The van der Waals surface area contributed by atoms with Gasteiger partial charge in [0.2, 0.25) is 5.95 Å². The molecule has 2 saturated heterocycles. The second kappa shape index (κ2) is 4.97. The lowest BCUT2D eigenvalue weighted by Gasteiger charge is -2.28. The summed E-state index contributed by atoms with van der Waals surface area (Å²) >= 11 is 6.17. The van der Waals surface area contributed by atoms with Crippen LogP contribution in [-0.2, 0) is 4.74 Å². The molecule has 21 heavy (non-hydrogen) atoms. The summed E-state index contributed by atoms with van der Waals surface area (Å²) in [6, 6.07) is 1.79. The van der Waals surface area contributed by atoms with Crippen LogP contribution in [0.2, 0.25) is 5.15 Å². The number of aromatic nitrogens is 2. The van der Waals surface area contributed by atoms with Gasteiger partial charge >= 0.3 is 0 Å². The second-order valence-corrected chi connectivity index (χ2v) is 6.59. The van der Waals surface area contributed by atoms with Gasteiger partial charge in [-0.2, -0.15) is 4.98 Å². The summed E-state index contributed by atoms with van der Waals surface area (Å²) in [4.78, 5) is 13.2. The number of morpholine rings is 1. The highest BCUT2D eigenvalue weighted by Gasteiger charge is 2.54. The molecule has 1 aromatic heterocycles. The molecule has 1 aliphatic carbocycles. The van der Waals surface area contributed by atoms with Crippen LogP contribution >= 0.6 is 11.6 Å². The average molecular weight is 311 g/mol. The van der Waals surface area contributed by atoms with Crippen LogP contribution in [-0.4, -0.2) is 60.6 Å². The molecule has 4 rings (SSSR count). The number of nitrogens with zero attached hydrogens (tertiary/aromatic N) is 4. The molecule has 1 spiro atoms. The number of hydrogen-bond acceptors (Lipinski definition) is 6. The van der Waals surface area contributed by atoms with Gasteiger partial charge in [-0.3, -0.25) is 0 Å². The minimum atomic E-state index is -0.252. The van der Waals surface area contributed by atoms with E-state index in [0.717, 1.165) is 38.3 Å². The molecule has 7 heteroatoms. The summed E-state index contributed by atoms with van der Waals surface area (Å²) in [5.74, 6) is 1.48. The van der Waals surface area contributed by atoms with Gasteiger partial charge in [-0.25, -0.2) is 4.98 Å². The first kappa shape index (κ1) is 13.5. The Labute approximate surface area is 128 Å². The van der Waals surface area contributed by atoms with Gasteiger partial charge in [-0.1, -0.05) is 11.6 Å². The van der Waals surface area contributed by atoms with Gasteiger partial charge in [-0.15, -0.1) is 0 Å². The Morgan fingerprint density at radius 2 is 2.00 bits per heavy atom. The first-order valence-corrected chi connectivity index (χ1v) is 7.84. The number of β-amino-alcohol motifs (C(OH)–C–C–N with tert-alkyl or cyclic N) is 1. The van der Waals surface area contributed by atoms with Crippen molar-refractivity contribution in [2.75, 3.05) is 49.2 Å². The van der Waals surface area contributed by atoms with Crippen LogP contribution in [0.5, 0.6) is 0 Å². The predicted molar refractivity (Wildman–Crippen MR) is 80.0 cm³/mol. The zero-order chi connectivity index (χ0) is 14.4. The van der Waals surface area contributed by atoms with Crippen LogP contribution in [0.3, 0.4) is 0 Å². The maximum absolute atomic E-state index is 10.2. The molecule has 1 saturated carbocycles. The lowest BCUT2D eigenvalue weighted by atomic mass is 10.0. The van der Waals surface area contributed by atoms with Crippen molar-refractivity contribution in [1.82, 2.24) is 9.97 Å². The highest BCUT2D eigenvalue weighted by molar-refractivity contribution is 6.29. The van der Waals surface area contributed by atoms with Gasteiger partial charge in [0.15, 0.2) is 0 Å². The fourth-order valence-corrected chi connectivity index (χ4v) is 3.41. The van der Waals surface area contributed by atoms with Crippen LogP contribution in [0.1, 0.15) is 12.8 Å². The molecule has 3 heterocycles. The normalized spacial score (nSPS) is 27.4. The van der Waals surface area contributed by atoms with Crippen LogP contribution < -0.4 is 9.80 Å². The van der Waals surface area contributed by atoms with E-state index in [2.05, 4.69) is 19.8 Å². The number of hydrogen-bond donors (Lipinski definition) is 1. The van der Waals surface area contributed by atoms with Crippen molar-refractivity contribution in [2.24, 2.45) is 5.41 Å². The summed E-state index contributed by atoms with van der Waals surface area (Å²) in [6.45, 7) is 4.45. The third kappa shape index (κ3) is 2.45. The third-order valence-corrected chi connectivity index (χ3v) is 4.98. The van der Waals surface area contributed by atoms with E-state index in [9.17, 15) is 5.11 Å². The number of halogens is 1. The molecule has 114 valence electrons. The van der Waals surface area contributed by atoms with Crippen molar-refractivity contribution in [3.05, 3.63) is 11.2 Å². The van der Waals surface area contributed by atoms with Gasteiger partial charge in [0, 0.05) is 37.7 Å². The minimum absolute atomic E-state index is 0.108. The van der Waals surface area contributed by atoms with E-state index in [0.29, 0.717) is 30.9 Å². The maximum Gasteiger partial charge on any atom is 0.228 e. The summed E-state index contributed by atoms with van der Waals surface area (Å²) in [6.07, 6.45) is 1.97. The molecule has 0 aromatic carbocycles. The molecular formula is C14H19ClN4O2. The Bertz CT molecular complexity index is 546. The van der Waals surface area contributed by atoms with E-state index >= 15 is 0 Å². The van der Waals surface area contributed by atoms with E-state index in [1.165, 1.54) is 0 Å². The number of anilines is 2. The zero-order valence-electron chi connectivity index (χ0n) is 11.8. The van der Waals surface area contributed by atoms with Crippen LogP contribution in [0.4, 0.5) is 11.8 Å². The molecular weight excluding hydrogens is 292 g/mol. The number of aliphatic hydroxyl groups is 1. The maximum atomic E-state index is 10.2. The zero-order valence-corrected chi connectivity index (χ0v) is 12.6. The molecule has 6 nitrogen and oxygen atoms in total. The van der Waals surface area contributed by atoms with Gasteiger partial charge in [0.1, 0.15) is 11.0 Å². The summed E-state index contributed by atoms with van der Waals surface area (Å²) in [7, 11) is 0. The highest BCUT2D eigenvalue weighted by atomic mass is 35.5. The van der Waals surface area contributed by atoms with E-state index in [4.69, 9.17) is 16.3 Å². The first-order valence-electron chi connectivity index (χ1n) is 7.47. The summed E-state index contributed by atoms with van der Waals surface area (Å²) in [5.41, 5.74) is 0.108. The third-order valence-electron chi connectivity index (χ3n) is 4.79. The fourth-order valence-electron chi connectivity index (χ4n) is 3.24. The lowest BCUT2D eigenvalue weighted by Crippen LogP contribution is -2.37. The molecule has 1 atom stereocenters. The minimum Gasteiger partial charge on any atom is -0.391 e. The monoisotopic (exact) mass is 310 g/mol. The number of rotatable bonds is 2. The molecule has 3 aliphatic rings. The summed E-state index contributed by atoms with van der Waals surface area (Å²) in [5, 5.41) is 10.6. The number of ether oxygens (including phenoxy) is 1. The van der Waals surface area contributed by atoms with Crippen molar-refractivity contribution in [1.29, 1.82) is 0 Å². The predicted octanol–water partition coefficient (Wildman–Crippen LogP) is 0.928. The Hall–Kier alpha value is -1.11. The van der Waals surface area contributed by atoms with Crippen molar-refractivity contribution < 1.29 is 9.84 Å². The van der Waals surface area contributed by atoms with Gasteiger partial charge in [0.05, 0.1) is 19.3 Å². The summed E-state index contributed by atoms with van der Waals surface area (Å²) < 4.78 is 5.36. The fraction of sp³-hybridized carbons (Fsp3) is 0.714. The quantitative estimate of drug-likeness (QED) is 0.820. The Kier molecular flexibility index (Phi) is 3.20. The van der Waals surface area contributed by atoms with Gasteiger partial charge < -0.3 is 19.6 Å². The van der Waals surface area contributed by atoms with Crippen LogP contribution in [0.25, 0.3) is 0 Å². The SMILES string of the molecule is OC1CN(c2cc(Cl)nc(N3CCOCC3)n2)CC12CC2. The topological polar surface area (TPSA) is 61.7 Å².